The van der Waals surface area contributed by atoms with Crippen molar-refractivity contribution in [3.63, 3.8) is 0 Å². The molecule has 12 nitrogen and oxygen atoms in total. The molecular formula is C30H60N8O4. The first-order valence-corrected chi connectivity index (χ1v) is 15.7. The van der Waals surface area contributed by atoms with E-state index in [9.17, 15) is 19.2 Å². The average molecular weight is 597 g/mol. The van der Waals surface area contributed by atoms with Crippen LogP contribution in [0.3, 0.4) is 0 Å². The monoisotopic (exact) mass is 596 g/mol. The van der Waals surface area contributed by atoms with Gasteiger partial charge in [0.25, 0.3) is 0 Å². The lowest BCUT2D eigenvalue weighted by atomic mass is 10.2. The van der Waals surface area contributed by atoms with Crippen molar-refractivity contribution in [2.45, 2.75) is 40.0 Å². The number of hydrogen-bond acceptors (Lipinski definition) is 10. The Balaban J connectivity index is 0.000000843. The first-order chi connectivity index (χ1) is 20.1. The Kier molecular flexibility index (Phi) is 22.2. The van der Waals surface area contributed by atoms with E-state index in [4.69, 9.17) is 0 Å². The highest BCUT2D eigenvalue weighted by Crippen LogP contribution is 2.05. The van der Waals surface area contributed by atoms with Gasteiger partial charge in [-0.25, -0.2) is 0 Å². The first kappa shape index (κ1) is 38.1. The molecule has 3 aliphatic heterocycles. The van der Waals surface area contributed by atoms with Crippen molar-refractivity contribution in [3.05, 3.63) is 0 Å². The lowest BCUT2D eigenvalue weighted by molar-refractivity contribution is -0.132. The highest BCUT2D eigenvalue weighted by atomic mass is 16.2. The van der Waals surface area contributed by atoms with Gasteiger partial charge in [0.2, 0.25) is 12.3 Å². The summed E-state index contributed by atoms with van der Waals surface area (Å²) in [6, 6.07) is 0. The van der Waals surface area contributed by atoms with Gasteiger partial charge in [-0.15, -0.1) is 0 Å². The molecule has 3 fully saturated rings. The summed E-state index contributed by atoms with van der Waals surface area (Å²) in [7, 11) is 0. The van der Waals surface area contributed by atoms with Gasteiger partial charge in [0.1, 0.15) is 12.6 Å². The maximum atomic E-state index is 12.5. The summed E-state index contributed by atoms with van der Waals surface area (Å²) < 4.78 is 0. The molecule has 12 heteroatoms. The van der Waals surface area contributed by atoms with E-state index in [0.29, 0.717) is 19.5 Å². The molecule has 42 heavy (non-hydrogen) atoms. The van der Waals surface area contributed by atoms with E-state index in [1.165, 1.54) is 12.8 Å². The third kappa shape index (κ3) is 16.6. The highest BCUT2D eigenvalue weighted by molar-refractivity contribution is 5.76. The predicted octanol–water partition coefficient (Wildman–Crippen LogP) is -0.698. The molecule has 0 aliphatic carbocycles. The zero-order valence-electron chi connectivity index (χ0n) is 25.5. The second-order valence-corrected chi connectivity index (χ2v) is 11.1. The molecule has 0 aromatic heterocycles. The largest absolute Gasteiger partial charge is 0.343 e. The van der Waals surface area contributed by atoms with Crippen molar-refractivity contribution < 1.29 is 19.2 Å². The van der Waals surface area contributed by atoms with Crippen molar-refractivity contribution in [3.8, 4) is 0 Å². The van der Waals surface area contributed by atoms with Gasteiger partial charge in [0.15, 0.2) is 0 Å². The minimum Gasteiger partial charge on any atom is -0.343 e. The molecule has 2 amide bonds. The van der Waals surface area contributed by atoms with Gasteiger partial charge in [0.05, 0.1) is 13.1 Å². The zero-order valence-corrected chi connectivity index (χ0v) is 25.5. The zero-order chi connectivity index (χ0) is 29.5. The molecule has 0 radical (unpaired) electrons. The fourth-order valence-corrected chi connectivity index (χ4v) is 5.30. The van der Waals surface area contributed by atoms with E-state index in [0.717, 1.165) is 143 Å². The molecule has 0 saturated carbocycles. The molecule has 2 N–H and O–H groups in total. The van der Waals surface area contributed by atoms with Gasteiger partial charge < -0.3 is 39.8 Å². The molecule has 0 aromatic rings. The molecule has 0 spiro atoms. The smallest absolute Gasteiger partial charge is 0.222 e. The van der Waals surface area contributed by atoms with Crippen LogP contribution in [0.2, 0.25) is 0 Å². The minimum atomic E-state index is 0. The first-order valence-electron chi connectivity index (χ1n) is 15.7. The Bertz CT molecular complexity index is 719. The maximum absolute atomic E-state index is 12.5. The number of hydrogen-bond donors (Lipinski definition) is 2. The molecule has 244 valence electrons. The summed E-state index contributed by atoms with van der Waals surface area (Å²) in [6.07, 6.45) is 6.69. The fourth-order valence-electron chi connectivity index (χ4n) is 5.30. The van der Waals surface area contributed by atoms with Gasteiger partial charge in [-0.1, -0.05) is 20.8 Å². The van der Waals surface area contributed by atoms with E-state index in [1.807, 2.05) is 4.90 Å². The van der Waals surface area contributed by atoms with E-state index in [2.05, 4.69) is 37.2 Å². The number of aldehydes is 2. The minimum absolute atomic E-state index is 0. The van der Waals surface area contributed by atoms with E-state index in [1.54, 1.807) is 4.90 Å². The lowest BCUT2D eigenvalue weighted by Gasteiger charge is -2.33. The summed E-state index contributed by atoms with van der Waals surface area (Å²) in [6.45, 7) is 19.2. The van der Waals surface area contributed by atoms with Crippen molar-refractivity contribution >= 4 is 24.9 Å². The quantitative estimate of drug-likeness (QED) is 0.281. The SMILES string of the molecule is C.CCCCN1CCN(CC=O)CCN(CC=O)CCN(CCCC(=O)N2CCNCC2)CC1.O=CN1CCNCC1. The number of carbonyl (C=O) groups is 4. The molecule has 3 saturated heterocycles. The van der Waals surface area contributed by atoms with Crippen LogP contribution in [0.1, 0.15) is 40.0 Å². The van der Waals surface area contributed by atoms with Crippen LogP contribution < -0.4 is 10.6 Å². The van der Waals surface area contributed by atoms with Crippen LogP contribution in [0.15, 0.2) is 0 Å². The third-order valence-corrected chi connectivity index (χ3v) is 8.06. The fraction of sp³-hybridized carbons (Fsp3) is 0.867. The van der Waals surface area contributed by atoms with Gasteiger partial charge in [0, 0.05) is 111 Å². The molecule has 0 aromatic carbocycles. The van der Waals surface area contributed by atoms with Gasteiger partial charge in [-0.05, 0) is 25.9 Å². The van der Waals surface area contributed by atoms with Gasteiger partial charge in [-0.3, -0.25) is 19.4 Å². The average Bonchev–Trinajstić information content (AvgIpc) is 3.01. The number of piperazine rings is 2. The van der Waals surface area contributed by atoms with Crippen molar-refractivity contribution in [2.75, 3.05) is 131 Å². The van der Waals surface area contributed by atoms with Crippen LogP contribution in [0.5, 0.6) is 0 Å². The molecule has 3 heterocycles. The molecule has 0 bridgehead atoms. The summed E-state index contributed by atoms with van der Waals surface area (Å²) in [5.74, 6) is 0.272. The summed E-state index contributed by atoms with van der Waals surface area (Å²) in [5, 5.41) is 6.45. The number of rotatable bonds is 12. The van der Waals surface area contributed by atoms with E-state index in [-0.39, 0.29) is 13.3 Å². The van der Waals surface area contributed by atoms with Crippen LogP contribution in [-0.2, 0) is 19.2 Å². The number of nitrogens with one attached hydrogen (secondary N) is 2. The Hall–Kier alpha value is -1.96. The standard InChI is InChI=1S/C24H46N6O3.C5H10N2O.CH4/c1-2-3-8-26-12-13-27(9-4-5-24(33)30-10-6-25-7-11-30)15-17-29(21-23-32)19-18-28(16-14-26)20-22-31;8-5-7-3-1-6-2-4-7;/h22-23,25H,2-21H2,1H3;5-6H,1-4H2;1H4. The molecule has 0 unspecified atom stereocenters. The van der Waals surface area contributed by atoms with E-state index < -0.39 is 0 Å². The van der Waals surface area contributed by atoms with Crippen LogP contribution in [0.4, 0.5) is 0 Å². The topological polar surface area (TPSA) is 112 Å². The summed E-state index contributed by atoms with van der Waals surface area (Å²) >= 11 is 0. The third-order valence-electron chi connectivity index (χ3n) is 8.06. The number of nitrogens with zero attached hydrogens (tertiary/aromatic N) is 6. The van der Waals surface area contributed by atoms with Crippen LogP contribution >= 0.6 is 0 Å². The van der Waals surface area contributed by atoms with Crippen LogP contribution in [0.25, 0.3) is 0 Å². The molecule has 3 rings (SSSR count). The van der Waals surface area contributed by atoms with E-state index >= 15 is 0 Å². The Morgan fingerprint density at radius 1 is 0.619 bits per heavy atom. The van der Waals surface area contributed by atoms with Gasteiger partial charge in [-0.2, -0.15) is 0 Å². The van der Waals surface area contributed by atoms with Crippen LogP contribution in [-0.4, -0.2) is 185 Å². The molecule has 0 atom stereocenters. The van der Waals surface area contributed by atoms with Crippen molar-refractivity contribution in [1.82, 2.24) is 40.0 Å². The van der Waals surface area contributed by atoms with Crippen molar-refractivity contribution in [2.24, 2.45) is 0 Å². The van der Waals surface area contributed by atoms with Gasteiger partial charge >= 0.3 is 0 Å². The van der Waals surface area contributed by atoms with Crippen molar-refractivity contribution in [1.29, 1.82) is 0 Å². The lowest BCUT2D eigenvalue weighted by Crippen LogP contribution is -2.47. The normalized spacial score (nSPS) is 20.7. The number of amides is 2. The molecular weight excluding hydrogens is 536 g/mol. The van der Waals surface area contributed by atoms with Crippen LogP contribution in [0, 0.1) is 0 Å². The predicted molar refractivity (Wildman–Crippen MR) is 169 cm³/mol. The maximum Gasteiger partial charge on any atom is 0.222 e. The summed E-state index contributed by atoms with van der Waals surface area (Å²) in [5.41, 5.74) is 0. The number of unbranched alkanes of at least 4 members (excludes halogenated alkanes) is 1. The second kappa shape index (κ2) is 24.5. The Morgan fingerprint density at radius 3 is 1.45 bits per heavy atom. The molecule has 3 aliphatic rings. The second-order valence-electron chi connectivity index (χ2n) is 11.1. The highest BCUT2D eigenvalue weighted by Gasteiger charge is 2.18. The Morgan fingerprint density at radius 2 is 1.05 bits per heavy atom. The summed E-state index contributed by atoms with van der Waals surface area (Å²) in [4.78, 5) is 58.1. The Labute approximate surface area is 255 Å². The number of carbonyl (C=O) groups excluding carboxylic acids is 4.